The molecule has 1 saturated heterocycles. The summed E-state index contributed by atoms with van der Waals surface area (Å²) >= 11 is 0. The zero-order valence-corrected chi connectivity index (χ0v) is 16.6. The number of aromatic nitrogens is 4. The molecular weight excluding hydrogens is 382 g/mol. The summed E-state index contributed by atoms with van der Waals surface area (Å²) in [7, 11) is -1.79. The Kier molecular flexibility index (Phi) is 5.42. The number of fused-ring (bicyclic) bond motifs is 1. The Morgan fingerprint density at radius 1 is 1.14 bits per heavy atom. The van der Waals surface area contributed by atoms with Gasteiger partial charge < -0.3 is 0 Å². The first-order chi connectivity index (χ1) is 13.4. The summed E-state index contributed by atoms with van der Waals surface area (Å²) in [4.78, 5) is 23.4. The van der Waals surface area contributed by atoms with E-state index in [0.717, 1.165) is 5.56 Å². The number of imidazole rings is 1. The Balaban J connectivity index is 1.73. The molecule has 2 N–H and O–H groups in total. The van der Waals surface area contributed by atoms with Crippen LogP contribution >= 0.6 is 7.82 Å². The molecule has 4 rings (SSSR count). The fraction of sp³-hybridized carbons (Fsp3) is 0.353. The number of nitrogens with zero attached hydrogens (tertiary/aromatic N) is 4. The van der Waals surface area contributed by atoms with Crippen molar-refractivity contribution in [3.05, 3.63) is 43.0 Å². The first kappa shape index (κ1) is 19.4. The van der Waals surface area contributed by atoms with Gasteiger partial charge in [-0.2, -0.15) is 0 Å². The Hall–Kier alpha value is -1.94. The summed E-state index contributed by atoms with van der Waals surface area (Å²) < 4.78 is 18.5. The van der Waals surface area contributed by atoms with Gasteiger partial charge in [-0.15, -0.1) is 0 Å². The molecule has 0 bridgehead atoms. The van der Waals surface area contributed by atoms with E-state index in [1.54, 1.807) is 17.8 Å². The molecule has 0 saturated carbocycles. The van der Waals surface area contributed by atoms with Crippen molar-refractivity contribution in [2.24, 2.45) is 0 Å². The van der Waals surface area contributed by atoms with Gasteiger partial charge in [-0.3, -0.25) is 0 Å². The third-order valence-electron chi connectivity index (χ3n) is 4.49. The van der Waals surface area contributed by atoms with Crippen LogP contribution in [0.5, 0.6) is 0 Å². The van der Waals surface area contributed by atoms with E-state index in [1.165, 1.54) is 13.9 Å². The average Bonchev–Trinajstić information content (AvgIpc) is 3.14. The maximum atomic E-state index is 10.7. The molecule has 3 aromatic rings. The van der Waals surface area contributed by atoms with Crippen LogP contribution < -0.4 is 0 Å². The summed E-state index contributed by atoms with van der Waals surface area (Å²) in [6, 6.07) is 9.70. The van der Waals surface area contributed by atoms with Gasteiger partial charge in [0.15, 0.2) is 0 Å². The molecule has 3 heterocycles. The van der Waals surface area contributed by atoms with Crippen LogP contribution in [-0.2, 0) is 13.8 Å². The van der Waals surface area contributed by atoms with Crippen molar-refractivity contribution in [3.8, 4) is 11.3 Å². The van der Waals surface area contributed by atoms with Crippen LogP contribution in [0.1, 0.15) is 13.2 Å². The van der Waals surface area contributed by atoms with E-state index >= 15 is 0 Å². The molecule has 28 heavy (non-hydrogen) atoms. The zero-order chi connectivity index (χ0) is 19.7. The molecular formula is C17H22BN4O5P. The quantitative estimate of drug-likeness (QED) is 0.478. The van der Waals surface area contributed by atoms with E-state index in [1.807, 2.05) is 30.3 Å². The average molecular weight is 404 g/mol. The summed E-state index contributed by atoms with van der Waals surface area (Å²) in [5, 5.41) is 10.7. The molecule has 1 aliphatic heterocycles. The number of hydrogen-bond acceptors (Lipinski definition) is 8. The van der Waals surface area contributed by atoms with Gasteiger partial charge in [0.25, 0.3) is 0 Å². The van der Waals surface area contributed by atoms with E-state index in [2.05, 4.69) is 15.0 Å². The fourth-order valence-corrected chi connectivity index (χ4v) is 4.21. The SMILES string of the molecule is B[PH]1(O)OC[C@H](C)O[C@@H](n2cnc3c(-c4ccccc4)ncnc32)[C@@H](O)CO1. The van der Waals surface area contributed by atoms with Crippen molar-refractivity contribution in [2.75, 3.05) is 13.2 Å². The Morgan fingerprint density at radius 2 is 1.89 bits per heavy atom. The predicted molar refractivity (Wildman–Crippen MR) is 107 cm³/mol. The van der Waals surface area contributed by atoms with Gasteiger partial charge in [-0.1, -0.05) is 0 Å². The fourth-order valence-electron chi connectivity index (χ4n) is 3.10. The third kappa shape index (κ3) is 3.93. The number of rotatable bonds is 2. The van der Waals surface area contributed by atoms with Crippen LogP contribution in [-0.4, -0.2) is 62.5 Å². The summed E-state index contributed by atoms with van der Waals surface area (Å²) in [6.07, 6.45) is 0.806. The van der Waals surface area contributed by atoms with Gasteiger partial charge in [0.05, 0.1) is 0 Å². The molecule has 0 aliphatic carbocycles. The van der Waals surface area contributed by atoms with Crippen LogP contribution in [0.25, 0.3) is 22.4 Å². The number of aliphatic hydroxyl groups is 1. The van der Waals surface area contributed by atoms with Gasteiger partial charge in [0.1, 0.15) is 0 Å². The van der Waals surface area contributed by atoms with Crippen molar-refractivity contribution in [1.29, 1.82) is 0 Å². The molecule has 1 aromatic carbocycles. The molecule has 1 aliphatic rings. The first-order valence-corrected chi connectivity index (χ1v) is 11.3. The molecule has 0 radical (unpaired) electrons. The molecule has 1 fully saturated rings. The number of ether oxygens (including phenoxy) is 1. The zero-order valence-electron chi connectivity index (χ0n) is 15.6. The van der Waals surface area contributed by atoms with Crippen molar-refractivity contribution in [1.82, 2.24) is 19.5 Å². The van der Waals surface area contributed by atoms with Crippen molar-refractivity contribution in [3.63, 3.8) is 0 Å². The van der Waals surface area contributed by atoms with Gasteiger partial charge in [0, 0.05) is 0 Å². The van der Waals surface area contributed by atoms with Crippen molar-refractivity contribution >= 4 is 26.6 Å². The van der Waals surface area contributed by atoms with Gasteiger partial charge >= 0.3 is 163 Å². The Morgan fingerprint density at radius 3 is 2.68 bits per heavy atom. The van der Waals surface area contributed by atoms with Crippen molar-refractivity contribution in [2.45, 2.75) is 25.4 Å². The van der Waals surface area contributed by atoms with Gasteiger partial charge in [0.2, 0.25) is 0 Å². The minimum atomic E-state index is -3.30. The molecule has 148 valence electrons. The summed E-state index contributed by atoms with van der Waals surface area (Å²) in [6.45, 7) is 1.82. The summed E-state index contributed by atoms with van der Waals surface area (Å²) in [5.74, 6) is 0. The van der Waals surface area contributed by atoms with Crippen LogP contribution in [0.2, 0.25) is 0 Å². The van der Waals surface area contributed by atoms with E-state index in [9.17, 15) is 10.00 Å². The normalized spacial score (nSPS) is 26.9. The van der Waals surface area contributed by atoms with Crippen LogP contribution in [0.4, 0.5) is 0 Å². The first-order valence-electron chi connectivity index (χ1n) is 9.01. The Bertz CT molecular complexity index is 957. The second-order valence-electron chi connectivity index (χ2n) is 6.84. The van der Waals surface area contributed by atoms with E-state index < -0.39 is 20.2 Å². The molecule has 2 aromatic heterocycles. The second kappa shape index (κ2) is 7.83. The molecule has 0 unspecified atom stereocenters. The summed E-state index contributed by atoms with van der Waals surface area (Å²) in [5.41, 5.74) is 2.76. The monoisotopic (exact) mass is 404 g/mol. The van der Waals surface area contributed by atoms with Gasteiger partial charge in [-0.05, 0) is 0 Å². The molecule has 9 nitrogen and oxygen atoms in total. The van der Waals surface area contributed by atoms with Crippen LogP contribution in [0.15, 0.2) is 43.0 Å². The number of aliphatic hydroxyl groups excluding tert-OH is 1. The molecule has 11 heteroatoms. The standard InChI is InChI=1S/C17H22BN4O5P/c1-11-7-25-28(18,24)26-8-13(23)17(27-11)22-10-21-15-14(19-9-20-16(15)22)12-5-3-2-4-6-12/h2-6,9-11,13,17,23-24,28H,7-8,18H2,1H3/t11-,13-,17+/m0/s1. The van der Waals surface area contributed by atoms with Crippen LogP contribution in [0.3, 0.4) is 0 Å². The second-order valence-corrected chi connectivity index (χ2v) is 9.21. The van der Waals surface area contributed by atoms with Gasteiger partial charge in [-0.25, -0.2) is 0 Å². The number of hydrogen-bond donors (Lipinski definition) is 2. The maximum absolute atomic E-state index is 10.7. The van der Waals surface area contributed by atoms with E-state index in [4.69, 9.17) is 13.8 Å². The topological polar surface area (TPSA) is 112 Å². The molecule has 0 amide bonds. The Labute approximate surface area is 163 Å². The van der Waals surface area contributed by atoms with E-state index in [0.29, 0.717) is 16.9 Å². The molecule has 0 spiro atoms. The van der Waals surface area contributed by atoms with E-state index in [-0.39, 0.29) is 19.3 Å². The minimum absolute atomic E-state index is 0.132. The predicted octanol–water partition coefficient (Wildman–Crippen LogP) is 0.840. The van der Waals surface area contributed by atoms with Crippen molar-refractivity contribution < 1.29 is 23.8 Å². The molecule has 3 atom stereocenters. The number of benzene rings is 1. The third-order valence-corrected chi connectivity index (χ3v) is 5.89. The van der Waals surface area contributed by atoms with Crippen LogP contribution in [0, 0.1) is 0 Å².